The van der Waals surface area contributed by atoms with Crippen LogP contribution >= 0.6 is 0 Å². The van der Waals surface area contributed by atoms with Crippen LogP contribution in [0.15, 0.2) is 0 Å². The first kappa shape index (κ1) is 14.8. The van der Waals surface area contributed by atoms with E-state index in [9.17, 15) is 18.0 Å². The molecule has 0 aliphatic heterocycles. The Bertz CT molecular complexity index is 338. The van der Waals surface area contributed by atoms with Crippen LogP contribution in [0.2, 0.25) is 0 Å². The minimum Gasteiger partial charge on any atom is -0.481 e. The highest BCUT2D eigenvalue weighted by Gasteiger charge is 2.08. The summed E-state index contributed by atoms with van der Waals surface area (Å²) in [7, 11) is -2.01. The van der Waals surface area contributed by atoms with Gasteiger partial charge in [0, 0.05) is 19.4 Å². The van der Waals surface area contributed by atoms with E-state index in [1.807, 2.05) is 0 Å². The normalized spacial score (nSPS) is 11.1. The van der Waals surface area contributed by atoms with Crippen molar-refractivity contribution in [3.63, 3.8) is 0 Å². The second-order valence-electron chi connectivity index (χ2n) is 3.12. The molecule has 0 saturated heterocycles. The van der Waals surface area contributed by atoms with Crippen LogP contribution in [0, 0.1) is 0 Å². The molecule has 0 atom stereocenters. The summed E-state index contributed by atoms with van der Waals surface area (Å²) in [5.41, 5.74) is 0. The van der Waals surface area contributed by atoms with Gasteiger partial charge in [0.2, 0.25) is 15.9 Å². The Kier molecular flexibility index (Phi) is 6.66. The Hall–Kier alpha value is -1.15. The fourth-order valence-corrected chi connectivity index (χ4v) is 1.49. The summed E-state index contributed by atoms with van der Waals surface area (Å²) in [6.45, 7) is 0.0229. The van der Waals surface area contributed by atoms with Crippen LogP contribution in [0.5, 0.6) is 0 Å². The van der Waals surface area contributed by atoms with Crippen molar-refractivity contribution in [2.24, 2.45) is 0 Å². The number of sulfonamides is 1. The fraction of sp³-hybridized carbons (Fsp3) is 0.750. The maximum Gasteiger partial charge on any atom is 0.303 e. The molecule has 7 nitrogen and oxygen atoms in total. The van der Waals surface area contributed by atoms with Gasteiger partial charge in [-0.1, -0.05) is 0 Å². The lowest BCUT2D eigenvalue weighted by atomic mass is 10.2. The zero-order valence-electron chi connectivity index (χ0n) is 9.02. The van der Waals surface area contributed by atoms with E-state index >= 15 is 0 Å². The largest absolute Gasteiger partial charge is 0.481 e. The molecule has 0 heterocycles. The molecule has 0 radical (unpaired) electrons. The van der Waals surface area contributed by atoms with Gasteiger partial charge in [-0.15, -0.1) is 0 Å². The van der Waals surface area contributed by atoms with Crippen LogP contribution < -0.4 is 10.0 Å². The second-order valence-corrected chi connectivity index (χ2v) is 5.17. The van der Waals surface area contributed by atoms with Gasteiger partial charge in [-0.3, -0.25) is 9.59 Å². The van der Waals surface area contributed by atoms with Gasteiger partial charge in [-0.05, 0) is 13.5 Å². The van der Waals surface area contributed by atoms with E-state index in [-0.39, 0.29) is 37.5 Å². The standard InChI is InChI=1S/C8H16N2O5S/c1-9-16(14,15)6-5-10-7(11)3-2-4-8(12)13/h9H,2-6H2,1H3,(H,10,11)(H,12,13). The molecule has 0 aromatic rings. The first-order chi connectivity index (χ1) is 7.37. The number of hydrogen-bond donors (Lipinski definition) is 3. The summed E-state index contributed by atoms with van der Waals surface area (Å²) in [6, 6.07) is 0. The van der Waals surface area contributed by atoms with Crippen molar-refractivity contribution in [1.82, 2.24) is 10.0 Å². The molecule has 8 heteroatoms. The average Bonchev–Trinajstić information content (AvgIpc) is 2.17. The van der Waals surface area contributed by atoms with Gasteiger partial charge >= 0.3 is 5.97 Å². The van der Waals surface area contributed by atoms with E-state index in [0.29, 0.717) is 0 Å². The van der Waals surface area contributed by atoms with Crippen LogP contribution in [-0.2, 0) is 19.6 Å². The predicted molar refractivity (Wildman–Crippen MR) is 57.3 cm³/mol. The number of nitrogens with one attached hydrogen (secondary N) is 2. The Labute approximate surface area is 94.3 Å². The quantitative estimate of drug-likeness (QED) is 0.508. The number of carboxylic acid groups (broad SMARTS) is 1. The zero-order valence-corrected chi connectivity index (χ0v) is 9.84. The third kappa shape index (κ3) is 8.18. The average molecular weight is 252 g/mol. The SMILES string of the molecule is CNS(=O)(=O)CCNC(=O)CCCC(=O)O. The summed E-state index contributed by atoms with van der Waals surface area (Å²) >= 11 is 0. The summed E-state index contributed by atoms with van der Waals surface area (Å²) in [4.78, 5) is 21.2. The van der Waals surface area contributed by atoms with Crippen molar-refractivity contribution in [1.29, 1.82) is 0 Å². The topological polar surface area (TPSA) is 113 Å². The molecule has 0 rings (SSSR count). The van der Waals surface area contributed by atoms with Crippen molar-refractivity contribution in [3.05, 3.63) is 0 Å². The molecule has 94 valence electrons. The Balaban J connectivity index is 3.63. The first-order valence-electron chi connectivity index (χ1n) is 4.77. The highest BCUT2D eigenvalue weighted by Crippen LogP contribution is 1.94. The third-order valence-electron chi connectivity index (χ3n) is 1.80. The van der Waals surface area contributed by atoms with Crippen molar-refractivity contribution < 1.29 is 23.1 Å². The lowest BCUT2D eigenvalue weighted by Gasteiger charge is -2.04. The molecular formula is C8H16N2O5S. The number of carboxylic acids is 1. The van der Waals surface area contributed by atoms with Crippen molar-refractivity contribution in [2.75, 3.05) is 19.3 Å². The number of hydrogen-bond acceptors (Lipinski definition) is 4. The summed E-state index contributed by atoms with van der Waals surface area (Å²) in [6.07, 6.45) is 0.272. The van der Waals surface area contributed by atoms with Gasteiger partial charge in [0.1, 0.15) is 0 Å². The minimum absolute atomic E-state index is 0.0229. The molecule has 0 aromatic heterocycles. The smallest absolute Gasteiger partial charge is 0.303 e. The predicted octanol–water partition coefficient (Wildman–Crippen LogP) is -1.09. The minimum atomic E-state index is -3.31. The molecule has 0 aliphatic carbocycles. The van der Waals surface area contributed by atoms with Crippen LogP contribution in [0.1, 0.15) is 19.3 Å². The van der Waals surface area contributed by atoms with Crippen LogP contribution in [0.4, 0.5) is 0 Å². The molecule has 0 spiro atoms. The van der Waals surface area contributed by atoms with Gasteiger partial charge < -0.3 is 10.4 Å². The lowest BCUT2D eigenvalue weighted by molar-refractivity contribution is -0.137. The molecule has 0 unspecified atom stereocenters. The molecule has 0 fully saturated rings. The highest BCUT2D eigenvalue weighted by atomic mass is 32.2. The Morgan fingerprint density at radius 1 is 1.25 bits per heavy atom. The van der Waals surface area contributed by atoms with Crippen molar-refractivity contribution >= 4 is 21.9 Å². The monoisotopic (exact) mass is 252 g/mol. The molecule has 0 bridgehead atoms. The molecule has 16 heavy (non-hydrogen) atoms. The third-order valence-corrected chi connectivity index (χ3v) is 3.16. The lowest BCUT2D eigenvalue weighted by Crippen LogP contribution is -2.32. The number of carbonyl (C=O) groups excluding carboxylic acids is 1. The Morgan fingerprint density at radius 2 is 1.88 bits per heavy atom. The van der Waals surface area contributed by atoms with E-state index < -0.39 is 16.0 Å². The molecule has 0 aromatic carbocycles. The molecule has 1 amide bonds. The van der Waals surface area contributed by atoms with Crippen LogP contribution in [-0.4, -0.2) is 44.7 Å². The number of carbonyl (C=O) groups is 2. The van der Waals surface area contributed by atoms with E-state index in [2.05, 4.69) is 10.0 Å². The van der Waals surface area contributed by atoms with Crippen molar-refractivity contribution in [3.8, 4) is 0 Å². The van der Waals surface area contributed by atoms with Crippen LogP contribution in [0.3, 0.4) is 0 Å². The second kappa shape index (κ2) is 7.18. The van der Waals surface area contributed by atoms with Crippen LogP contribution in [0.25, 0.3) is 0 Å². The molecule has 3 N–H and O–H groups in total. The maximum atomic E-state index is 11.1. The highest BCUT2D eigenvalue weighted by molar-refractivity contribution is 7.89. The number of aliphatic carboxylic acids is 1. The molecular weight excluding hydrogens is 236 g/mol. The van der Waals surface area contributed by atoms with E-state index in [1.54, 1.807) is 0 Å². The van der Waals surface area contributed by atoms with Gasteiger partial charge in [0.15, 0.2) is 0 Å². The van der Waals surface area contributed by atoms with Gasteiger partial charge in [0.25, 0.3) is 0 Å². The van der Waals surface area contributed by atoms with Crippen molar-refractivity contribution in [2.45, 2.75) is 19.3 Å². The van der Waals surface area contributed by atoms with Gasteiger partial charge in [0.05, 0.1) is 5.75 Å². The maximum absolute atomic E-state index is 11.1. The number of rotatable bonds is 8. The van der Waals surface area contributed by atoms with Gasteiger partial charge in [-0.25, -0.2) is 13.1 Å². The first-order valence-corrected chi connectivity index (χ1v) is 6.42. The fourth-order valence-electron chi connectivity index (χ4n) is 0.915. The summed E-state index contributed by atoms with van der Waals surface area (Å²) in [5.74, 6) is -1.48. The summed E-state index contributed by atoms with van der Waals surface area (Å²) < 4.78 is 24.0. The summed E-state index contributed by atoms with van der Waals surface area (Å²) in [5, 5.41) is 10.7. The van der Waals surface area contributed by atoms with E-state index in [4.69, 9.17) is 5.11 Å². The number of amides is 1. The Morgan fingerprint density at radius 3 is 2.38 bits per heavy atom. The van der Waals surface area contributed by atoms with E-state index in [0.717, 1.165) is 0 Å². The van der Waals surface area contributed by atoms with E-state index in [1.165, 1.54) is 7.05 Å². The van der Waals surface area contributed by atoms with Gasteiger partial charge in [-0.2, -0.15) is 0 Å². The molecule has 0 saturated carbocycles. The zero-order chi connectivity index (χ0) is 12.6. The molecule has 0 aliphatic rings.